The summed E-state index contributed by atoms with van der Waals surface area (Å²) in [6.45, 7) is 0.175. The molecule has 0 fully saturated rings. The third kappa shape index (κ3) is 5.12. The highest BCUT2D eigenvalue weighted by Gasteiger charge is 2.17. The van der Waals surface area contributed by atoms with Gasteiger partial charge in [0.2, 0.25) is 5.82 Å². The molecule has 0 spiro atoms. The molecule has 2 heterocycles. The molecular weight excluding hydrogens is 624 g/mol. The van der Waals surface area contributed by atoms with Crippen molar-refractivity contribution in [3.05, 3.63) is 145 Å². The molecular formula is C34H21BrN4O5. The molecule has 44 heavy (non-hydrogen) atoms. The lowest BCUT2D eigenvalue weighted by Gasteiger charge is -2.12. The van der Waals surface area contributed by atoms with Gasteiger partial charge >= 0.3 is 0 Å². The van der Waals surface area contributed by atoms with Gasteiger partial charge in [-0.1, -0.05) is 58.4 Å². The summed E-state index contributed by atoms with van der Waals surface area (Å²) in [5.41, 5.74) is 2.26. The number of furan rings is 1. The minimum Gasteiger partial charge on any atom is -0.488 e. The number of rotatable bonds is 7. The number of nitrogens with zero attached hydrogens (tertiary/aromatic N) is 4. The van der Waals surface area contributed by atoms with Crippen molar-refractivity contribution in [3.8, 4) is 17.3 Å². The molecule has 0 amide bonds. The van der Waals surface area contributed by atoms with Crippen LogP contribution in [0.15, 0.2) is 128 Å². The van der Waals surface area contributed by atoms with Crippen molar-refractivity contribution in [1.82, 2.24) is 9.66 Å². The predicted octanol–water partition coefficient (Wildman–Crippen LogP) is 8.09. The molecule has 5 aromatic carbocycles. The minimum atomic E-state index is -0.440. The number of nitro groups is 1. The van der Waals surface area contributed by atoms with Crippen molar-refractivity contribution >= 4 is 60.5 Å². The standard InChI is InChI=1S/C34H21BrN4O5/c35-24-12-16-30-23(17-24)18-32(44-30)33-37-29-8-4-3-7-27(29)34(40)38(33)36-19-28-26-6-2-1-5-22(26)11-15-31(28)43-20-21-9-13-25(14-10-21)39(41)42/h1-19H,20H2. The monoisotopic (exact) mass is 644 g/mol. The number of fused-ring (bicyclic) bond motifs is 3. The maximum absolute atomic E-state index is 13.8. The Kier molecular flexibility index (Phi) is 6.95. The van der Waals surface area contributed by atoms with Crippen LogP contribution in [0.5, 0.6) is 5.75 Å². The smallest absolute Gasteiger partial charge is 0.282 e. The van der Waals surface area contributed by atoms with E-state index in [1.54, 1.807) is 36.5 Å². The zero-order chi connectivity index (χ0) is 30.2. The molecule has 7 rings (SSSR count). The van der Waals surface area contributed by atoms with E-state index in [0.29, 0.717) is 33.6 Å². The van der Waals surface area contributed by atoms with Crippen LogP contribution in [0.4, 0.5) is 5.69 Å². The van der Waals surface area contributed by atoms with Crippen LogP contribution in [-0.2, 0) is 6.61 Å². The van der Waals surface area contributed by atoms with E-state index in [1.807, 2.05) is 66.7 Å². The predicted molar refractivity (Wildman–Crippen MR) is 173 cm³/mol. The summed E-state index contributed by atoms with van der Waals surface area (Å²) in [5, 5.41) is 18.8. The van der Waals surface area contributed by atoms with Gasteiger partial charge in [-0.15, -0.1) is 0 Å². The molecule has 0 aliphatic heterocycles. The van der Waals surface area contributed by atoms with Crippen molar-refractivity contribution < 1.29 is 14.1 Å². The molecule has 10 heteroatoms. The second kappa shape index (κ2) is 11.2. The van der Waals surface area contributed by atoms with Crippen LogP contribution in [0.25, 0.3) is 44.2 Å². The first-order valence-electron chi connectivity index (χ1n) is 13.6. The van der Waals surface area contributed by atoms with Crippen molar-refractivity contribution in [3.63, 3.8) is 0 Å². The van der Waals surface area contributed by atoms with Gasteiger partial charge in [0, 0.05) is 27.6 Å². The molecule has 0 saturated heterocycles. The van der Waals surface area contributed by atoms with Crippen LogP contribution in [0.1, 0.15) is 11.1 Å². The van der Waals surface area contributed by atoms with Gasteiger partial charge < -0.3 is 9.15 Å². The minimum absolute atomic E-state index is 0.00889. The van der Waals surface area contributed by atoms with Gasteiger partial charge in [0.15, 0.2) is 5.76 Å². The molecule has 0 unspecified atom stereocenters. The fourth-order valence-corrected chi connectivity index (χ4v) is 5.42. The van der Waals surface area contributed by atoms with E-state index < -0.39 is 4.92 Å². The van der Waals surface area contributed by atoms with Gasteiger partial charge in [-0.05, 0) is 70.9 Å². The van der Waals surface area contributed by atoms with Gasteiger partial charge in [-0.25, -0.2) is 4.98 Å². The number of benzene rings is 5. The Morgan fingerprint density at radius 1 is 0.909 bits per heavy atom. The largest absolute Gasteiger partial charge is 0.488 e. The van der Waals surface area contributed by atoms with Gasteiger partial charge in [0.25, 0.3) is 11.2 Å². The Balaban J connectivity index is 1.35. The second-order valence-electron chi connectivity index (χ2n) is 10.0. The van der Waals surface area contributed by atoms with Crippen LogP contribution in [0.3, 0.4) is 0 Å². The maximum atomic E-state index is 13.8. The third-order valence-corrected chi connectivity index (χ3v) is 7.72. The summed E-state index contributed by atoms with van der Waals surface area (Å²) in [5.74, 6) is 1.18. The highest BCUT2D eigenvalue weighted by Crippen LogP contribution is 2.31. The zero-order valence-corrected chi connectivity index (χ0v) is 24.5. The zero-order valence-electron chi connectivity index (χ0n) is 22.9. The summed E-state index contributed by atoms with van der Waals surface area (Å²) in [7, 11) is 0. The molecule has 7 aromatic rings. The first-order chi connectivity index (χ1) is 21.4. The summed E-state index contributed by atoms with van der Waals surface area (Å²) in [6.07, 6.45) is 1.59. The maximum Gasteiger partial charge on any atom is 0.282 e. The number of hydrogen-bond donors (Lipinski definition) is 0. The molecule has 0 atom stereocenters. The summed E-state index contributed by atoms with van der Waals surface area (Å²) < 4.78 is 14.5. The van der Waals surface area contributed by atoms with Crippen LogP contribution in [-0.4, -0.2) is 20.8 Å². The Hall–Kier alpha value is -5.61. The molecule has 0 bridgehead atoms. The molecule has 2 aromatic heterocycles. The fourth-order valence-electron chi connectivity index (χ4n) is 5.04. The number of aromatic nitrogens is 2. The summed E-state index contributed by atoms with van der Waals surface area (Å²) in [4.78, 5) is 29.2. The summed E-state index contributed by atoms with van der Waals surface area (Å²) in [6, 6.07) is 32.4. The number of ether oxygens (including phenoxy) is 1. The van der Waals surface area contributed by atoms with Crippen LogP contribution >= 0.6 is 15.9 Å². The number of non-ortho nitro benzene ring substituents is 1. The van der Waals surface area contributed by atoms with Crippen LogP contribution < -0.4 is 10.3 Å². The van der Waals surface area contributed by atoms with E-state index in [9.17, 15) is 14.9 Å². The molecule has 0 N–H and O–H groups in total. The van der Waals surface area contributed by atoms with Crippen molar-refractivity contribution in [1.29, 1.82) is 0 Å². The highest BCUT2D eigenvalue weighted by molar-refractivity contribution is 9.10. The van der Waals surface area contributed by atoms with Crippen LogP contribution in [0.2, 0.25) is 0 Å². The van der Waals surface area contributed by atoms with E-state index in [4.69, 9.17) is 14.1 Å². The van der Waals surface area contributed by atoms with E-state index in [2.05, 4.69) is 21.0 Å². The molecule has 0 aliphatic carbocycles. The Morgan fingerprint density at radius 3 is 2.50 bits per heavy atom. The summed E-state index contributed by atoms with van der Waals surface area (Å²) >= 11 is 3.50. The van der Waals surface area contributed by atoms with Crippen LogP contribution in [0, 0.1) is 10.1 Å². The molecule has 0 saturated carbocycles. The Bertz CT molecular complexity index is 2310. The quantitative estimate of drug-likeness (QED) is 0.0984. The van der Waals surface area contributed by atoms with E-state index in [-0.39, 0.29) is 23.7 Å². The topological polar surface area (TPSA) is 113 Å². The average Bonchev–Trinajstić information content (AvgIpc) is 3.47. The number of nitro benzene ring substituents is 1. The van der Waals surface area contributed by atoms with Gasteiger partial charge in [0.05, 0.1) is 22.0 Å². The van der Waals surface area contributed by atoms with E-state index in [0.717, 1.165) is 26.2 Å². The van der Waals surface area contributed by atoms with Crippen molar-refractivity contribution in [2.75, 3.05) is 0 Å². The first-order valence-corrected chi connectivity index (χ1v) is 14.4. The van der Waals surface area contributed by atoms with Gasteiger partial charge in [-0.2, -0.15) is 9.78 Å². The lowest BCUT2D eigenvalue weighted by atomic mass is 10.0. The normalized spacial score (nSPS) is 11.6. The third-order valence-electron chi connectivity index (χ3n) is 7.23. The fraction of sp³-hybridized carbons (Fsp3) is 0.0294. The Labute approximate surface area is 257 Å². The Morgan fingerprint density at radius 2 is 1.68 bits per heavy atom. The van der Waals surface area contributed by atoms with Gasteiger partial charge in [-0.3, -0.25) is 14.9 Å². The second-order valence-corrected chi connectivity index (χ2v) is 10.9. The number of halogens is 1. The van der Waals surface area contributed by atoms with E-state index in [1.165, 1.54) is 16.8 Å². The van der Waals surface area contributed by atoms with Crippen molar-refractivity contribution in [2.45, 2.75) is 6.61 Å². The lowest BCUT2D eigenvalue weighted by Crippen LogP contribution is -2.20. The highest BCUT2D eigenvalue weighted by atomic mass is 79.9. The average molecular weight is 645 g/mol. The molecule has 0 aliphatic rings. The lowest BCUT2D eigenvalue weighted by molar-refractivity contribution is -0.384. The van der Waals surface area contributed by atoms with E-state index >= 15 is 0 Å². The van der Waals surface area contributed by atoms with Gasteiger partial charge in [0.1, 0.15) is 17.9 Å². The molecule has 9 nitrogen and oxygen atoms in total. The molecule has 214 valence electrons. The SMILES string of the molecule is O=c1c2ccccc2nc(-c2cc3cc(Br)ccc3o2)n1N=Cc1c(OCc2ccc([N+](=O)[O-])cc2)ccc2ccccc12. The number of hydrogen-bond acceptors (Lipinski definition) is 7. The number of para-hydroxylation sites is 1. The first kappa shape index (κ1) is 27.2. The van der Waals surface area contributed by atoms with Crippen molar-refractivity contribution in [2.24, 2.45) is 5.10 Å². The molecule has 0 radical (unpaired) electrons.